The standard InChI is InChI=1S/C15H19N5O/c1-10-4-5-12(14-8-18-20(3)11(14)2)6-13(10)15(7-16)19-17-9-21/h4-6,8-9H,7,16H2,1-3H3,(H,17,21)/b19-15-. The molecular weight excluding hydrogens is 266 g/mol. The summed E-state index contributed by atoms with van der Waals surface area (Å²) in [5.41, 5.74) is 13.9. The summed E-state index contributed by atoms with van der Waals surface area (Å²) in [7, 11) is 1.91. The molecule has 0 fully saturated rings. The number of amides is 1. The Labute approximate surface area is 123 Å². The van der Waals surface area contributed by atoms with Gasteiger partial charge in [-0.05, 0) is 31.0 Å². The van der Waals surface area contributed by atoms with Crippen molar-refractivity contribution >= 4 is 12.1 Å². The topological polar surface area (TPSA) is 85.3 Å². The van der Waals surface area contributed by atoms with Crippen molar-refractivity contribution in [3.8, 4) is 11.1 Å². The fraction of sp³-hybridized carbons (Fsp3) is 0.267. The van der Waals surface area contributed by atoms with Crippen molar-refractivity contribution in [1.29, 1.82) is 0 Å². The van der Waals surface area contributed by atoms with Crippen LogP contribution in [0.25, 0.3) is 11.1 Å². The van der Waals surface area contributed by atoms with E-state index in [1.807, 2.05) is 50.0 Å². The van der Waals surface area contributed by atoms with Gasteiger partial charge in [0.25, 0.3) is 0 Å². The Balaban J connectivity index is 2.51. The van der Waals surface area contributed by atoms with E-state index in [1.54, 1.807) is 0 Å². The minimum absolute atomic E-state index is 0.247. The van der Waals surface area contributed by atoms with Crippen LogP contribution in [-0.2, 0) is 11.8 Å². The summed E-state index contributed by atoms with van der Waals surface area (Å²) in [4.78, 5) is 10.4. The van der Waals surface area contributed by atoms with E-state index in [1.165, 1.54) is 0 Å². The average molecular weight is 285 g/mol. The number of aryl methyl sites for hydroxylation is 2. The predicted molar refractivity (Wildman–Crippen MR) is 82.9 cm³/mol. The summed E-state index contributed by atoms with van der Waals surface area (Å²) >= 11 is 0. The van der Waals surface area contributed by atoms with Crippen molar-refractivity contribution in [2.45, 2.75) is 13.8 Å². The normalized spacial score (nSPS) is 11.5. The Bertz CT molecular complexity index is 687. The summed E-state index contributed by atoms with van der Waals surface area (Å²) in [6.07, 6.45) is 2.37. The molecule has 1 heterocycles. The molecule has 6 nitrogen and oxygen atoms in total. The fourth-order valence-electron chi connectivity index (χ4n) is 2.20. The highest BCUT2D eigenvalue weighted by atomic mass is 16.1. The number of hydrazone groups is 1. The van der Waals surface area contributed by atoms with Crippen molar-refractivity contribution < 1.29 is 4.79 Å². The van der Waals surface area contributed by atoms with Gasteiger partial charge in [-0.1, -0.05) is 12.1 Å². The van der Waals surface area contributed by atoms with Crippen molar-refractivity contribution in [2.75, 3.05) is 6.54 Å². The maximum atomic E-state index is 10.4. The van der Waals surface area contributed by atoms with Crippen molar-refractivity contribution in [2.24, 2.45) is 17.9 Å². The Morgan fingerprint density at radius 1 is 1.48 bits per heavy atom. The van der Waals surface area contributed by atoms with Crippen LogP contribution in [0.15, 0.2) is 29.5 Å². The molecule has 0 atom stereocenters. The number of hydrogen-bond acceptors (Lipinski definition) is 4. The van der Waals surface area contributed by atoms with Gasteiger partial charge in [-0.25, -0.2) is 5.43 Å². The van der Waals surface area contributed by atoms with E-state index in [2.05, 4.69) is 15.6 Å². The molecule has 1 aromatic heterocycles. The number of rotatable bonds is 5. The fourth-order valence-corrected chi connectivity index (χ4v) is 2.20. The van der Waals surface area contributed by atoms with Gasteiger partial charge in [-0.2, -0.15) is 10.2 Å². The molecule has 0 saturated carbocycles. The molecule has 1 aromatic carbocycles. The molecule has 0 aliphatic heterocycles. The molecule has 110 valence electrons. The van der Waals surface area contributed by atoms with E-state index in [0.29, 0.717) is 12.1 Å². The monoisotopic (exact) mass is 285 g/mol. The number of nitrogens with one attached hydrogen (secondary N) is 1. The van der Waals surface area contributed by atoms with Crippen LogP contribution in [0.2, 0.25) is 0 Å². The minimum Gasteiger partial charge on any atom is -0.325 e. The van der Waals surface area contributed by atoms with Crippen molar-refractivity contribution in [3.63, 3.8) is 0 Å². The first-order chi connectivity index (χ1) is 10.1. The largest absolute Gasteiger partial charge is 0.325 e. The lowest BCUT2D eigenvalue weighted by molar-refractivity contribution is -0.109. The predicted octanol–water partition coefficient (Wildman–Crippen LogP) is 1.11. The Morgan fingerprint density at radius 3 is 2.81 bits per heavy atom. The number of carbonyl (C=O) groups is 1. The zero-order valence-corrected chi connectivity index (χ0v) is 12.4. The van der Waals surface area contributed by atoms with Gasteiger partial charge in [0.2, 0.25) is 6.41 Å². The van der Waals surface area contributed by atoms with E-state index in [9.17, 15) is 4.79 Å². The summed E-state index contributed by atoms with van der Waals surface area (Å²) in [6.45, 7) is 4.26. The zero-order chi connectivity index (χ0) is 15.4. The summed E-state index contributed by atoms with van der Waals surface area (Å²) in [6, 6.07) is 6.09. The highest BCUT2D eigenvalue weighted by Crippen LogP contribution is 2.25. The second kappa shape index (κ2) is 6.32. The molecule has 0 spiro atoms. The van der Waals surface area contributed by atoms with Crippen molar-refractivity contribution in [3.05, 3.63) is 41.2 Å². The van der Waals surface area contributed by atoms with Crippen LogP contribution in [0.4, 0.5) is 0 Å². The molecule has 0 aliphatic carbocycles. The van der Waals surface area contributed by atoms with Crippen LogP contribution >= 0.6 is 0 Å². The molecule has 3 N–H and O–H groups in total. The van der Waals surface area contributed by atoms with Gasteiger partial charge in [-0.3, -0.25) is 9.48 Å². The summed E-state index contributed by atoms with van der Waals surface area (Å²) in [5.74, 6) is 0. The highest BCUT2D eigenvalue weighted by molar-refractivity contribution is 6.04. The quantitative estimate of drug-likeness (QED) is 0.490. The lowest BCUT2D eigenvalue weighted by Gasteiger charge is -2.10. The number of hydrogen-bond donors (Lipinski definition) is 2. The maximum Gasteiger partial charge on any atom is 0.227 e. The second-order valence-corrected chi connectivity index (χ2v) is 4.81. The number of carbonyl (C=O) groups excluding carboxylic acids is 1. The van der Waals surface area contributed by atoms with Gasteiger partial charge in [0, 0.05) is 30.4 Å². The summed E-state index contributed by atoms with van der Waals surface area (Å²) < 4.78 is 1.83. The van der Waals surface area contributed by atoms with Gasteiger partial charge in [0.05, 0.1) is 11.9 Å². The second-order valence-electron chi connectivity index (χ2n) is 4.81. The van der Waals surface area contributed by atoms with Gasteiger partial charge in [-0.15, -0.1) is 0 Å². The molecule has 0 saturated heterocycles. The molecule has 2 aromatic rings. The van der Waals surface area contributed by atoms with Gasteiger partial charge in [0.1, 0.15) is 0 Å². The van der Waals surface area contributed by atoms with Gasteiger partial charge >= 0.3 is 0 Å². The van der Waals surface area contributed by atoms with Crippen LogP contribution in [0, 0.1) is 13.8 Å². The van der Waals surface area contributed by atoms with E-state index in [-0.39, 0.29) is 6.54 Å². The van der Waals surface area contributed by atoms with E-state index < -0.39 is 0 Å². The molecule has 0 bridgehead atoms. The maximum absolute atomic E-state index is 10.4. The Kier molecular flexibility index (Phi) is 4.49. The first-order valence-corrected chi connectivity index (χ1v) is 6.64. The van der Waals surface area contributed by atoms with Crippen LogP contribution in [0.3, 0.4) is 0 Å². The first kappa shape index (κ1) is 14.9. The van der Waals surface area contributed by atoms with Gasteiger partial charge < -0.3 is 5.73 Å². The number of benzene rings is 1. The molecule has 0 aliphatic rings. The highest BCUT2D eigenvalue weighted by Gasteiger charge is 2.11. The van der Waals surface area contributed by atoms with Crippen LogP contribution < -0.4 is 11.2 Å². The molecule has 0 radical (unpaired) electrons. The lowest BCUT2D eigenvalue weighted by Crippen LogP contribution is -2.20. The van der Waals surface area contributed by atoms with E-state index in [0.717, 1.165) is 27.9 Å². The van der Waals surface area contributed by atoms with E-state index >= 15 is 0 Å². The Hall–Kier alpha value is -2.47. The first-order valence-electron chi connectivity index (χ1n) is 6.64. The van der Waals surface area contributed by atoms with Crippen LogP contribution in [0.1, 0.15) is 16.8 Å². The third kappa shape index (κ3) is 3.00. The third-order valence-electron chi connectivity index (χ3n) is 3.54. The minimum atomic E-state index is 0.247. The molecule has 21 heavy (non-hydrogen) atoms. The Morgan fingerprint density at radius 2 is 2.24 bits per heavy atom. The number of aromatic nitrogens is 2. The molecule has 0 unspecified atom stereocenters. The number of nitrogens with zero attached hydrogens (tertiary/aromatic N) is 3. The molecule has 2 rings (SSSR count). The number of nitrogens with two attached hydrogens (primary N) is 1. The smallest absolute Gasteiger partial charge is 0.227 e. The summed E-state index contributed by atoms with van der Waals surface area (Å²) in [5, 5.41) is 8.27. The molecule has 1 amide bonds. The van der Waals surface area contributed by atoms with Gasteiger partial charge in [0.15, 0.2) is 0 Å². The average Bonchev–Trinajstić information content (AvgIpc) is 2.81. The van der Waals surface area contributed by atoms with E-state index in [4.69, 9.17) is 5.73 Å². The molecule has 6 heteroatoms. The van der Waals surface area contributed by atoms with Crippen LogP contribution in [0.5, 0.6) is 0 Å². The van der Waals surface area contributed by atoms with Crippen molar-refractivity contribution in [1.82, 2.24) is 15.2 Å². The van der Waals surface area contributed by atoms with Crippen LogP contribution in [-0.4, -0.2) is 28.4 Å². The molecular formula is C15H19N5O. The third-order valence-corrected chi connectivity index (χ3v) is 3.54. The zero-order valence-electron chi connectivity index (χ0n) is 12.4. The SMILES string of the molecule is Cc1ccc(-c2cnn(C)c2C)cc1/C(CN)=N\NC=O. The lowest BCUT2D eigenvalue weighted by atomic mass is 9.97.